The lowest BCUT2D eigenvalue weighted by Gasteiger charge is -2.14. The molecule has 0 aliphatic carbocycles. The molecule has 0 aliphatic rings. The summed E-state index contributed by atoms with van der Waals surface area (Å²) in [6, 6.07) is 7.89. The van der Waals surface area contributed by atoms with Crippen molar-refractivity contribution in [2.24, 2.45) is 0 Å². The van der Waals surface area contributed by atoms with Crippen LogP contribution in [0.25, 0.3) is 0 Å². The number of hydrogen-bond acceptors (Lipinski definition) is 2. The molecular formula is C12H16O2. The third kappa shape index (κ3) is 2.60. The summed E-state index contributed by atoms with van der Waals surface area (Å²) in [5.74, 6) is 0.855. The van der Waals surface area contributed by atoms with Gasteiger partial charge in [-0.3, -0.25) is 0 Å². The molecule has 0 heterocycles. The lowest BCUT2D eigenvalue weighted by molar-refractivity contribution is 0.106. The standard InChI is InChI=1S/C12H16O2/c1-4-6-12(14-3)10-7-5-8-11(9-10)13-2/h4-5,7-9,12H,1,6H2,2-3H3/t12-/m0/s1. The van der Waals surface area contributed by atoms with Crippen molar-refractivity contribution in [1.82, 2.24) is 0 Å². The summed E-state index contributed by atoms with van der Waals surface area (Å²) in [5.41, 5.74) is 1.12. The molecule has 0 fully saturated rings. The number of benzene rings is 1. The molecule has 0 radical (unpaired) electrons. The van der Waals surface area contributed by atoms with Crippen molar-refractivity contribution in [3.63, 3.8) is 0 Å². The lowest BCUT2D eigenvalue weighted by atomic mass is 10.1. The Morgan fingerprint density at radius 3 is 2.79 bits per heavy atom. The fraction of sp³-hybridized carbons (Fsp3) is 0.333. The molecule has 0 aliphatic heterocycles. The summed E-state index contributed by atoms with van der Waals surface area (Å²) in [5, 5.41) is 0. The van der Waals surface area contributed by atoms with Crippen molar-refractivity contribution < 1.29 is 9.47 Å². The van der Waals surface area contributed by atoms with Gasteiger partial charge in [-0.2, -0.15) is 0 Å². The number of rotatable bonds is 5. The summed E-state index contributed by atoms with van der Waals surface area (Å²) in [7, 11) is 3.36. The van der Waals surface area contributed by atoms with Gasteiger partial charge in [0.05, 0.1) is 13.2 Å². The minimum atomic E-state index is 0.0719. The highest BCUT2D eigenvalue weighted by atomic mass is 16.5. The molecule has 0 unspecified atom stereocenters. The van der Waals surface area contributed by atoms with Gasteiger partial charge in [-0.05, 0) is 24.1 Å². The summed E-state index contributed by atoms with van der Waals surface area (Å²) in [6.45, 7) is 3.71. The molecule has 0 saturated heterocycles. The Kier molecular flexibility index (Phi) is 4.20. The van der Waals surface area contributed by atoms with E-state index < -0.39 is 0 Å². The second-order valence-corrected chi connectivity index (χ2v) is 3.03. The molecule has 2 heteroatoms. The molecule has 0 N–H and O–H groups in total. The van der Waals surface area contributed by atoms with Crippen LogP contribution in [0.2, 0.25) is 0 Å². The molecule has 1 rings (SSSR count). The molecule has 1 aromatic rings. The van der Waals surface area contributed by atoms with E-state index >= 15 is 0 Å². The van der Waals surface area contributed by atoms with E-state index in [-0.39, 0.29) is 6.10 Å². The van der Waals surface area contributed by atoms with Crippen LogP contribution in [0.5, 0.6) is 5.75 Å². The summed E-state index contributed by atoms with van der Waals surface area (Å²) in [4.78, 5) is 0. The zero-order chi connectivity index (χ0) is 10.4. The van der Waals surface area contributed by atoms with E-state index in [9.17, 15) is 0 Å². The summed E-state index contributed by atoms with van der Waals surface area (Å²) >= 11 is 0. The van der Waals surface area contributed by atoms with Crippen LogP contribution in [0.4, 0.5) is 0 Å². The molecule has 0 amide bonds. The Labute approximate surface area is 85.2 Å². The minimum absolute atomic E-state index is 0.0719. The van der Waals surface area contributed by atoms with Crippen LogP contribution < -0.4 is 4.74 Å². The van der Waals surface area contributed by atoms with E-state index in [1.165, 1.54) is 0 Å². The Morgan fingerprint density at radius 2 is 2.21 bits per heavy atom. The zero-order valence-corrected chi connectivity index (χ0v) is 8.69. The topological polar surface area (TPSA) is 18.5 Å². The SMILES string of the molecule is C=CC[C@H](OC)c1cccc(OC)c1. The Balaban J connectivity index is 2.85. The van der Waals surface area contributed by atoms with Crippen molar-refractivity contribution in [3.05, 3.63) is 42.5 Å². The Morgan fingerprint density at radius 1 is 1.43 bits per heavy atom. The highest BCUT2D eigenvalue weighted by Gasteiger charge is 2.08. The third-order valence-corrected chi connectivity index (χ3v) is 2.13. The maximum atomic E-state index is 5.35. The highest BCUT2D eigenvalue weighted by molar-refractivity contribution is 5.30. The van der Waals surface area contributed by atoms with E-state index in [1.54, 1.807) is 14.2 Å². The zero-order valence-electron chi connectivity index (χ0n) is 8.69. The first-order valence-electron chi connectivity index (χ1n) is 4.59. The van der Waals surface area contributed by atoms with Crippen LogP contribution in [0.15, 0.2) is 36.9 Å². The average Bonchev–Trinajstić information content (AvgIpc) is 2.26. The Bertz CT molecular complexity index is 294. The first-order valence-corrected chi connectivity index (χ1v) is 4.59. The highest BCUT2D eigenvalue weighted by Crippen LogP contribution is 2.24. The van der Waals surface area contributed by atoms with Gasteiger partial charge >= 0.3 is 0 Å². The van der Waals surface area contributed by atoms with Gasteiger partial charge in [0.2, 0.25) is 0 Å². The van der Waals surface area contributed by atoms with Gasteiger partial charge in [-0.15, -0.1) is 6.58 Å². The second kappa shape index (κ2) is 5.45. The monoisotopic (exact) mass is 192 g/mol. The van der Waals surface area contributed by atoms with Crippen LogP contribution in [0.1, 0.15) is 18.1 Å². The van der Waals surface area contributed by atoms with E-state index in [2.05, 4.69) is 6.58 Å². The summed E-state index contributed by atoms with van der Waals surface area (Å²) in [6.07, 6.45) is 2.74. The van der Waals surface area contributed by atoms with Gasteiger partial charge in [0.25, 0.3) is 0 Å². The van der Waals surface area contributed by atoms with Crippen LogP contribution in [-0.4, -0.2) is 14.2 Å². The van der Waals surface area contributed by atoms with Gasteiger partial charge in [0.1, 0.15) is 5.75 Å². The molecule has 2 nitrogen and oxygen atoms in total. The Hall–Kier alpha value is -1.28. The van der Waals surface area contributed by atoms with Crippen LogP contribution >= 0.6 is 0 Å². The van der Waals surface area contributed by atoms with E-state index in [0.717, 1.165) is 17.7 Å². The van der Waals surface area contributed by atoms with Gasteiger partial charge in [-0.1, -0.05) is 18.2 Å². The number of hydrogen-bond donors (Lipinski definition) is 0. The predicted octanol–water partition coefficient (Wildman–Crippen LogP) is 2.96. The van der Waals surface area contributed by atoms with Crippen molar-refractivity contribution in [2.45, 2.75) is 12.5 Å². The molecule has 0 bridgehead atoms. The van der Waals surface area contributed by atoms with E-state index in [4.69, 9.17) is 9.47 Å². The van der Waals surface area contributed by atoms with Gasteiger partial charge in [0.15, 0.2) is 0 Å². The maximum Gasteiger partial charge on any atom is 0.119 e. The fourth-order valence-corrected chi connectivity index (χ4v) is 1.36. The van der Waals surface area contributed by atoms with Crippen molar-refractivity contribution >= 4 is 0 Å². The van der Waals surface area contributed by atoms with Gasteiger partial charge in [0, 0.05) is 7.11 Å². The largest absolute Gasteiger partial charge is 0.497 e. The van der Waals surface area contributed by atoms with Gasteiger partial charge in [-0.25, -0.2) is 0 Å². The molecule has 76 valence electrons. The molecular weight excluding hydrogens is 176 g/mol. The molecule has 0 spiro atoms. The van der Waals surface area contributed by atoms with Crippen molar-refractivity contribution in [1.29, 1.82) is 0 Å². The average molecular weight is 192 g/mol. The quantitative estimate of drug-likeness (QED) is 0.668. The van der Waals surface area contributed by atoms with Crippen LogP contribution in [-0.2, 0) is 4.74 Å². The van der Waals surface area contributed by atoms with Crippen molar-refractivity contribution in [3.8, 4) is 5.75 Å². The van der Waals surface area contributed by atoms with Crippen molar-refractivity contribution in [2.75, 3.05) is 14.2 Å². The molecule has 1 atom stereocenters. The maximum absolute atomic E-state index is 5.35. The first-order chi connectivity index (χ1) is 6.81. The number of methoxy groups -OCH3 is 2. The smallest absolute Gasteiger partial charge is 0.119 e. The molecule has 14 heavy (non-hydrogen) atoms. The predicted molar refractivity (Wildman–Crippen MR) is 57.6 cm³/mol. The minimum Gasteiger partial charge on any atom is -0.497 e. The van der Waals surface area contributed by atoms with E-state index in [1.807, 2.05) is 30.3 Å². The molecule has 0 saturated carbocycles. The first kappa shape index (κ1) is 10.8. The van der Waals surface area contributed by atoms with Crippen LogP contribution in [0, 0.1) is 0 Å². The second-order valence-electron chi connectivity index (χ2n) is 3.03. The fourth-order valence-electron chi connectivity index (χ4n) is 1.36. The summed E-state index contributed by atoms with van der Waals surface area (Å²) < 4.78 is 10.5. The number of ether oxygens (including phenoxy) is 2. The van der Waals surface area contributed by atoms with E-state index in [0.29, 0.717) is 0 Å². The molecule has 0 aromatic heterocycles. The normalized spacial score (nSPS) is 12.1. The lowest BCUT2D eigenvalue weighted by Crippen LogP contribution is -2.00. The molecule has 1 aromatic carbocycles. The van der Waals surface area contributed by atoms with Gasteiger partial charge < -0.3 is 9.47 Å². The van der Waals surface area contributed by atoms with Crippen LogP contribution in [0.3, 0.4) is 0 Å². The third-order valence-electron chi connectivity index (χ3n) is 2.13.